The Morgan fingerprint density at radius 3 is 2.73 bits per heavy atom. The van der Waals surface area contributed by atoms with Crippen molar-refractivity contribution in [1.29, 1.82) is 0 Å². The van der Waals surface area contributed by atoms with Crippen molar-refractivity contribution in [2.75, 3.05) is 6.54 Å². The fourth-order valence-corrected chi connectivity index (χ4v) is 2.49. The van der Waals surface area contributed by atoms with Crippen LogP contribution in [-0.4, -0.2) is 12.1 Å². The summed E-state index contributed by atoms with van der Waals surface area (Å²) in [6.07, 6.45) is 6.56. The maximum Gasteiger partial charge on any atom is 0.0193 e. The number of hydrogen-bond donors (Lipinski definition) is 1. The molecule has 1 atom stereocenters. The van der Waals surface area contributed by atoms with E-state index in [0.717, 1.165) is 6.42 Å². The van der Waals surface area contributed by atoms with Crippen LogP contribution in [0.4, 0.5) is 0 Å². The predicted octanol–water partition coefficient (Wildman–Crippen LogP) is 3.15. The summed E-state index contributed by atoms with van der Waals surface area (Å²) in [5.74, 6) is 0. The molecular formula is C14H21N. The SMILES string of the molecule is CC1(Cc2ccccc2)CCCCCN1. The average molecular weight is 203 g/mol. The van der Waals surface area contributed by atoms with Crippen LogP contribution in [0.2, 0.25) is 0 Å². The molecule has 1 nitrogen and oxygen atoms in total. The Balaban J connectivity index is 2.02. The minimum absolute atomic E-state index is 0.317. The van der Waals surface area contributed by atoms with Crippen molar-refractivity contribution < 1.29 is 0 Å². The minimum Gasteiger partial charge on any atom is -0.311 e. The van der Waals surface area contributed by atoms with Gasteiger partial charge < -0.3 is 5.32 Å². The summed E-state index contributed by atoms with van der Waals surface area (Å²) in [7, 11) is 0. The fourth-order valence-electron chi connectivity index (χ4n) is 2.49. The lowest BCUT2D eigenvalue weighted by Crippen LogP contribution is -2.43. The van der Waals surface area contributed by atoms with Crippen molar-refractivity contribution in [3.8, 4) is 0 Å². The van der Waals surface area contributed by atoms with Crippen LogP contribution in [0.1, 0.15) is 38.2 Å². The summed E-state index contributed by atoms with van der Waals surface area (Å²) in [5.41, 5.74) is 1.77. The van der Waals surface area contributed by atoms with Gasteiger partial charge in [0.05, 0.1) is 0 Å². The lowest BCUT2D eigenvalue weighted by Gasteiger charge is -2.29. The summed E-state index contributed by atoms with van der Waals surface area (Å²) in [6, 6.07) is 10.8. The molecule has 1 unspecified atom stereocenters. The molecule has 1 fully saturated rings. The van der Waals surface area contributed by atoms with Gasteiger partial charge in [0.2, 0.25) is 0 Å². The summed E-state index contributed by atoms with van der Waals surface area (Å²) in [6.45, 7) is 3.55. The molecule has 1 heteroatoms. The Morgan fingerprint density at radius 1 is 1.13 bits per heavy atom. The first kappa shape index (κ1) is 10.7. The Labute approximate surface area is 92.9 Å². The van der Waals surface area contributed by atoms with E-state index in [0.29, 0.717) is 5.54 Å². The van der Waals surface area contributed by atoms with Gasteiger partial charge in [0.25, 0.3) is 0 Å². The molecule has 1 aromatic carbocycles. The zero-order valence-corrected chi connectivity index (χ0v) is 9.63. The summed E-state index contributed by atoms with van der Waals surface area (Å²) in [4.78, 5) is 0. The smallest absolute Gasteiger partial charge is 0.0193 e. The largest absolute Gasteiger partial charge is 0.311 e. The van der Waals surface area contributed by atoms with Crippen LogP contribution in [0.15, 0.2) is 30.3 Å². The van der Waals surface area contributed by atoms with E-state index in [-0.39, 0.29) is 0 Å². The first-order valence-corrected chi connectivity index (χ1v) is 6.07. The van der Waals surface area contributed by atoms with E-state index >= 15 is 0 Å². The Bertz CT molecular complexity index is 283. The highest BCUT2D eigenvalue weighted by Gasteiger charge is 2.24. The highest BCUT2D eigenvalue weighted by atomic mass is 15.0. The third-order valence-corrected chi connectivity index (χ3v) is 3.39. The topological polar surface area (TPSA) is 12.0 Å². The molecule has 0 spiro atoms. The maximum atomic E-state index is 3.71. The third kappa shape index (κ3) is 3.07. The molecule has 0 aliphatic carbocycles. The van der Waals surface area contributed by atoms with Crippen LogP contribution in [0.25, 0.3) is 0 Å². The number of hydrogen-bond acceptors (Lipinski definition) is 1. The molecule has 82 valence electrons. The highest BCUT2D eigenvalue weighted by Crippen LogP contribution is 2.22. The molecule has 1 heterocycles. The van der Waals surface area contributed by atoms with Crippen molar-refractivity contribution in [2.24, 2.45) is 0 Å². The van der Waals surface area contributed by atoms with Crippen molar-refractivity contribution in [1.82, 2.24) is 5.32 Å². The van der Waals surface area contributed by atoms with Crippen LogP contribution in [-0.2, 0) is 6.42 Å². The number of rotatable bonds is 2. The van der Waals surface area contributed by atoms with Gasteiger partial charge >= 0.3 is 0 Å². The van der Waals surface area contributed by atoms with Crippen molar-refractivity contribution in [3.05, 3.63) is 35.9 Å². The van der Waals surface area contributed by atoms with E-state index in [1.807, 2.05) is 0 Å². The maximum absolute atomic E-state index is 3.71. The van der Waals surface area contributed by atoms with Gasteiger partial charge in [-0.1, -0.05) is 43.2 Å². The van der Waals surface area contributed by atoms with Crippen molar-refractivity contribution >= 4 is 0 Å². The molecule has 1 saturated heterocycles. The molecule has 0 aromatic heterocycles. The summed E-state index contributed by atoms with van der Waals surface area (Å²) in [5, 5.41) is 3.71. The standard InChI is InChI=1S/C14H21N/c1-14(10-6-3-7-11-15-14)12-13-8-4-2-5-9-13/h2,4-5,8-9,15H,3,6-7,10-12H2,1H3. The third-order valence-electron chi connectivity index (χ3n) is 3.39. The molecule has 0 amide bonds. The monoisotopic (exact) mass is 203 g/mol. The van der Waals surface area contributed by atoms with Crippen LogP contribution in [0, 0.1) is 0 Å². The van der Waals surface area contributed by atoms with E-state index in [4.69, 9.17) is 0 Å². The van der Waals surface area contributed by atoms with Crippen LogP contribution in [0.5, 0.6) is 0 Å². The van der Waals surface area contributed by atoms with Gasteiger partial charge in [0, 0.05) is 5.54 Å². The second kappa shape index (κ2) is 4.80. The first-order valence-electron chi connectivity index (χ1n) is 6.07. The molecule has 1 N–H and O–H groups in total. The van der Waals surface area contributed by atoms with Crippen molar-refractivity contribution in [2.45, 2.75) is 44.6 Å². The lowest BCUT2D eigenvalue weighted by atomic mass is 9.88. The van der Waals surface area contributed by atoms with Crippen molar-refractivity contribution in [3.63, 3.8) is 0 Å². The Morgan fingerprint density at radius 2 is 1.93 bits per heavy atom. The molecule has 0 bridgehead atoms. The average Bonchev–Trinajstić information content (AvgIpc) is 2.45. The second-order valence-corrected chi connectivity index (χ2v) is 4.96. The van der Waals surface area contributed by atoms with Crippen LogP contribution >= 0.6 is 0 Å². The summed E-state index contributed by atoms with van der Waals surface area (Å²) >= 11 is 0. The molecule has 0 radical (unpaired) electrons. The molecule has 15 heavy (non-hydrogen) atoms. The molecule has 1 aliphatic heterocycles. The Hall–Kier alpha value is -0.820. The first-order chi connectivity index (χ1) is 7.29. The minimum atomic E-state index is 0.317. The lowest BCUT2D eigenvalue weighted by molar-refractivity contribution is 0.345. The molecular weight excluding hydrogens is 182 g/mol. The normalized spacial score (nSPS) is 27.3. The van der Waals surface area contributed by atoms with Gasteiger partial charge in [-0.15, -0.1) is 0 Å². The van der Waals surface area contributed by atoms with Gasteiger partial charge in [-0.05, 0) is 38.3 Å². The molecule has 0 saturated carbocycles. The van der Waals surface area contributed by atoms with E-state index in [2.05, 4.69) is 42.6 Å². The highest BCUT2D eigenvalue weighted by molar-refractivity contribution is 5.17. The molecule has 1 aliphatic rings. The summed E-state index contributed by atoms with van der Waals surface area (Å²) < 4.78 is 0. The quantitative estimate of drug-likeness (QED) is 0.778. The molecule has 2 rings (SSSR count). The van der Waals surface area contributed by atoms with Gasteiger partial charge in [0.1, 0.15) is 0 Å². The fraction of sp³-hybridized carbons (Fsp3) is 0.571. The zero-order chi connectivity index (χ0) is 10.6. The van der Waals surface area contributed by atoms with E-state index < -0.39 is 0 Å². The van der Waals surface area contributed by atoms with Gasteiger partial charge in [-0.2, -0.15) is 0 Å². The zero-order valence-electron chi connectivity index (χ0n) is 9.63. The van der Waals surface area contributed by atoms with E-state index in [9.17, 15) is 0 Å². The number of nitrogens with one attached hydrogen (secondary N) is 1. The predicted molar refractivity (Wildman–Crippen MR) is 65.0 cm³/mol. The second-order valence-electron chi connectivity index (χ2n) is 4.96. The number of benzene rings is 1. The van der Waals surface area contributed by atoms with Gasteiger partial charge in [0.15, 0.2) is 0 Å². The van der Waals surface area contributed by atoms with Gasteiger partial charge in [-0.25, -0.2) is 0 Å². The Kier molecular flexibility index (Phi) is 3.42. The van der Waals surface area contributed by atoms with E-state index in [1.54, 1.807) is 0 Å². The van der Waals surface area contributed by atoms with Crippen LogP contribution < -0.4 is 5.32 Å². The van der Waals surface area contributed by atoms with E-state index in [1.165, 1.54) is 37.8 Å². The molecule has 1 aromatic rings. The van der Waals surface area contributed by atoms with Crippen LogP contribution in [0.3, 0.4) is 0 Å². The van der Waals surface area contributed by atoms with Gasteiger partial charge in [-0.3, -0.25) is 0 Å².